The summed E-state index contributed by atoms with van der Waals surface area (Å²) in [6.07, 6.45) is 7.62. The smallest absolute Gasteiger partial charge is 0.229 e. The number of hydrogen-bond acceptors (Lipinski definition) is 3. The van der Waals surface area contributed by atoms with Crippen LogP contribution >= 0.6 is 0 Å². The van der Waals surface area contributed by atoms with Gasteiger partial charge in [-0.15, -0.1) is 0 Å². The number of anilines is 2. The molecule has 1 aliphatic carbocycles. The molecule has 20 heavy (non-hydrogen) atoms. The van der Waals surface area contributed by atoms with Crippen molar-refractivity contribution in [3.63, 3.8) is 0 Å². The normalized spacial score (nSPS) is 18.6. The maximum absolute atomic E-state index is 12.2. The summed E-state index contributed by atoms with van der Waals surface area (Å²) in [5.74, 6) is -0.122. The molecule has 0 bridgehead atoms. The van der Waals surface area contributed by atoms with E-state index in [0.717, 1.165) is 25.5 Å². The molecule has 0 aromatic heterocycles. The van der Waals surface area contributed by atoms with E-state index in [-0.39, 0.29) is 11.8 Å². The second-order valence-electron chi connectivity index (χ2n) is 4.89. The van der Waals surface area contributed by atoms with E-state index < -0.39 is 10.0 Å². The van der Waals surface area contributed by atoms with Gasteiger partial charge >= 0.3 is 0 Å². The Hall–Kier alpha value is -1.82. The molecule has 0 aliphatic heterocycles. The fourth-order valence-corrected chi connectivity index (χ4v) is 2.72. The monoisotopic (exact) mass is 294 g/mol. The average molecular weight is 294 g/mol. The first kappa shape index (κ1) is 14.6. The van der Waals surface area contributed by atoms with Crippen LogP contribution in [0.4, 0.5) is 11.4 Å². The number of carbonyl (C=O) groups is 1. The lowest BCUT2D eigenvalue weighted by Crippen LogP contribution is -2.24. The molecule has 1 aromatic rings. The van der Waals surface area contributed by atoms with E-state index in [9.17, 15) is 13.2 Å². The van der Waals surface area contributed by atoms with Crippen LogP contribution in [0.1, 0.15) is 19.3 Å². The quantitative estimate of drug-likeness (QED) is 0.837. The van der Waals surface area contributed by atoms with E-state index in [4.69, 9.17) is 0 Å². The Morgan fingerprint density at radius 3 is 2.50 bits per heavy atom. The van der Waals surface area contributed by atoms with Crippen molar-refractivity contribution in [1.29, 1.82) is 0 Å². The molecular formula is C14H18N2O3S. The molecule has 0 spiro atoms. The third kappa shape index (κ3) is 4.09. The van der Waals surface area contributed by atoms with Gasteiger partial charge in [0.05, 0.1) is 17.6 Å². The number of allylic oxidation sites excluding steroid dienone is 2. The second-order valence-corrected chi connectivity index (χ2v) is 6.64. The first-order chi connectivity index (χ1) is 9.46. The molecule has 108 valence electrons. The predicted octanol–water partition coefficient (Wildman–Crippen LogP) is 2.35. The highest BCUT2D eigenvalue weighted by Gasteiger charge is 2.19. The number of carbonyl (C=O) groups excluding carboxylic acids is 1. The van der Waals surface area contributed by atoms with Crippen molar-refractivity contribution in [2.75, 3.05) is 16.3 Å². The van der Waals surface area contributed by atoms with Gasteiger partial charge in [0.2, 0.25) is 15.9 Å². The van der Waals surface area contributed by atoms with E-state index in [0.29, 0.717) is 11.4 Å². The van der Waals surface area contributed by atoms with Gasteiger partial charge in [0.15, 0.2) is 0 Å². The molecule has 2 N–H and O–H groups in total. The summed E-state index contributed by atoms with van der Waals surface area (Å²) in [5, 5.41) is 2.80. The first-order valence-corrected chi connectivity index (χ1v) is 8.37. The number of benzene rings is 1. The standard InChI is InChI=1S/C14H18N2O3S/c1-20(18,19)16-13-10-6-5-9-12(13)15-14(17)11-7-3-2-4-8-11/h2-3,5-6,9-11,16H,4,7-8H2,1H3,(H,15,17)/t11-/m0/s1. The lowest BCUT2D eigenvalue weighted by atomic mass is 9.93. The molecule has 1 atom stereocenters. The van der Waals surface area contributed by atoms with Crippen LogP contribution in [0, 0.1) is 5.92 Å². The largest absolute Gasteiger partial charge is 0.324 e. The summed E-state index contributed by atoms with van der Waals surface area (Å²) in [6, 6.07) is 6.78. The molecule has 1 amide bonds. The van der Waals surface area contributed by atoms with Gasteiger partial charge in [-0.05, 0) is 31.4 Å². The molecule has 6 heteroatoms. The van der Waals surface area contributed by atoms with Gasteiger partial charge in [-0.2, -0.15) is 0 Å². The predicted molar refractivity (Wildman–Crippen MR) is 80.0 cm³/mol. The second kappa shape index (κ2) is 6.09. The molecule has 0 unspecified atom stereocenters. The number of hydrogen-bond donors (Lipinski definition) is 2. The molecule has 1 aromatic carbocycles. The van der Waals surface area contributed by atoms with Gasteiger partial charge in [0, 0.05) is 5.92 Å². The topological polar surface area (TPSA) is 75.3 Å². The van der Waals surface area contributed by atoms with Gasteiger partial charge in [0.1, 0.15) is 0 Å². The van der Waals surface area contributed by atoms with Crippen molar-refractivity contribution in [3.8, 4) is 0 Å². The van der Waals surface area contributed by atoms with Gasteiger partial charge < -0.3 is 5.32 Å². The van der Waals surface area contributed by atoms with Gasteiger partial charge in [-0.25, -0.2) is 8.42 Å². The van der Waals surface area contributed by atoms with Crippen LogP contribution < -0.4 is 10.0 Å². The van der Waals surface area contributed by atoms with Crippen molar-refractivity contribution >= 4 is 27.3 Å². The van der Waals surface area contributed by atoms with Crippen LogP contribution in [0.5, 0.6) is 0 Å². The SMILES string of the molecule is CS(=O)(=O)Nc1ccccc1NC(=O)[C@H]1CC=CCC1. The highest BCUT2D eigenvalue weighted by atomic mass is 32.2. The van der Waals surface area contributed by atoms with E-state index in [1.165, 1.54) is 0 Å². The minimum atomic E-state index is -3.37. The molecule has 0 radical (unpaired) electrons. The minimum Gasteiger partial charge on any atom is -0.324 e. The molecule has 0 heterocycles. The van der Waals surface area contributed by atoms with E-state index >= 15 is 0 Å². The Bertz CT molecular complexity index is 623. The van der Waals surface area contributed by atoms with Crippen molar-refractivity contribution in [1.82, 2.24) is 0 Å². The number of amides is 1. The summed E-state index contributed by atoms with van der Waals surface area (Å²) in [6.45, 7) is 0. The molecule has 0 saturated carbocycles. The zero-order valence-electron chi connectivity index (χ0n) is 11.3. The van der Waals surface area contributed by atoms with E-state index in [1.807, 2.05) is 6.08 Å². The third-order valence-electron chi connectivity index (χ3n) is 3.12. The Morgan fingerprint density at radius 1 is 1.20 bits per heavy atom. The molecule has 5 nitrogen and oxygen atoms in total. The van der Waals surface area contributed by atoms with Crippen LogP contribution in [0.15, 0.2) is 36.4 Å². The maximum Gasteiger partial charge on any atom is 0.229 e. The fourth-order valence-electron chi connectivity index (χ4n) is 2.15. The molecule has 2 rings (SSSR count). The summed E-state index contributed by atoms with van der Waals surface area (Å²) in [7, 11) is -3.37. The zero-order valence-corrected chi connectivity index (χ0v) is 12.1. The Morgan fingerprint density at radius 2 is 1.90 bits per heavy atom. The molecule has 0 saturated heterocycles. The van der Waals surface area contributed by atoms with Gasteiger partial charge in [0.25, 0.3) is 0 Å². The number of rotatable bonds is 4. The lowest BCUT2D eigenvalue weighted by Gasteiger charge is -2.18. The minimum absolute atomic E-state index is 0.0497. The summed E-state index contributed by atoms with van der Waals surface area (Å²) in [5.41, 5.74) is 0.868. The Kier molecular flexibility index (Phi) is 4.44. The summed E-state index contributed by atoms with van der Waals surface area (Å²) < 4.78 is 25.0. The lowest BCUT2D eigenvalue weighted by molar-refractivity contribution is -0.120. The van der Waals surface area contributed by atoms with Crippen LogP contribution in [0.25, 0.3) is 0 Å². The Labute approximate surface area is 119 Å². The van der Waals surface area contributed by atoms with Crippen molar-refractivity contribution in [3.05, 3.63) is 36.4 Å². The van der Waals surface area contributed by atoms with Gasteiger partial charge in [-0.1, -0.05) is 24.3 Å². The summed E-state index contributed by atoms with van der Waals surface area (Å²) in [4.78, 5) is 12.2. The van der Waals surface area contributed by atoms with Crippen LogP contribution in [0.2, 0.25) is 0 Å². The number of nitrogens with one attached hydrogen (secondary N) is 2. The van der Waals surface area contributed by atoms with Crippen molar-refractivity contribution in [2.45, 2.75) is 19.3 Å². The molecular weight excluding hydrogens is 276 g/mol. The fraction of sp³-hybridized carbons (Fsp3) is 0.357. The van der Waals surface area contributed by atoms with Crippen molar-refractivity contribution in [2.24, 2.45) is 5.92 Å². The van der Waals surface area contributed by atoms with Crippen LogP contribution in [0.3, 0.4) is 0 Å². The molecule has 1 aliphatic rings. The highest BCUT2D eigenvalue weighted by molar-refractivity contribution is 7.92. The molecule has 0 fully saturated rings. The van der Waals surface area contributed by atoms with E-state index in [1.54, 1.807) is 24.3 Å². The maximum atomic E-state index is 12.2. The van der Waals surface area contributed by atoms with Crippen molar-refractivity contribution < 1.29 is 13.2 Å². The van der Waals surface area contributed by atoms with E-state index in [2.05, 4.69) is 16.1 Å². The Balaban J connectivity index is 2.12. The van der Waals surface area contributed by atoms with Gasteiger partial charge in [-0.3, -0.25) is 9.52 Å². The average Bonchev–Trinajstić information content (AvgIpc) is 2.40. The first-order valence-electron chi connectivity index (χ1n) is 6.48. The summed E-state index contributed by atoms with van der Waals surface area (Å²) >= 11 is 0. The number of para-hydroxylation sites is 2. The highest BCUT2D eigenvalue weighted by Crippen LogP contribution is 2.25. The number of sulfonamides is 1. The van der Waals surface area contributed by atoms with Crippen LogP contribution in [-0.2, 0) is 14.8 Å². The van der Waals surface area contributed by atoms with Crippen LogP contribution in [-0.4, -0.2) is 20.6 Å². The zero-order chi connectivity index (χ0) is 14.6. The third-order valence-corrected chi connectivity index (χ3v) is 3.71.